The van der Waals surface area contributed by atoms with Crippen molar-refractivity contribution < 1.29 is 4.79 Å². The summed E-state index contributed by atoms with van der Waals surface area (Å²) < 4.78 is 0. The van der Waals surface area contributed by atoms with Crippen molar-refractivity contribution in [2.45, 2.75) is 26.2 Å². The molecule has 4 nitrogen and oxygen atoms in total. The second-order valence-corrected chi connectivity index (χ2v) is 4.66. The lowest BCUT2D eigenvalue weighted by Crippen LogP contribution is -2.32. The highest BCUT2D eigenvalue weighted by molar-refractivity contribution is 5.91. The summed E-state index contributed by atoms with van der Waals surface area (Å²) in [6.45, 7) is 4.00. The molecule has 2 rings (SSSR count). The summed E-state index contributed by atoms with van der Waals surface area (Å²) in [6.07, 6.45) is 6.39. The Hall–Kier alpha value is -1.42. The molecule has 0 spiro atoms. The van der Waals surface area contributed by atoms with Gasteiger partial charge >= 0.3 is 0 Å². The molecule has 2 heterocycles. The molecule has 17 heavy (non-hydrogen) atoms. The first-order valence-corrected chi connectivity index (χ1v) is 6.17. The zero-order valence-corrected chi connectivity index (χ0v) is 10.2. The third-order valence-corrected chi connectivity index (χ3v) is 3.17. The van der Waals surface area contributed by atoms with Gasteiger partial charge in [0.25, 0.3) is 0 Å². The number of amides is 1. The molecular weight excluding hydrogens is 214 g/mol. The van der Waals surface area contributed by atoms with E-state index in [9.17, 15) is 4.79 Å². The number of carbonyl (C=O) groups excluding carboxylic acids is 1. The maximum Gasteiger partial charge on any atom is 0.224 e. The predicted octanol–water partition coefficient (Wildman–Crippen LogP) is 1.72. The molecule has 0 radical (unpaired) electrons. The zero-order valence-electron chi connectivity index (χ0n) is 10.2. The van der Waals surface area contributed by atoms with E-state index in [1.807, 2.05) is 13.0 Å². The lowest BCUT2D eigenvalue weighted by atomic mass is 9.96. The molecular formula is C13H19N3O. The Balaban J connectivity index is 1.86. The summed E-state index contributed by atoms with van der Waals surface area (Å²) in [4.78, 5) is 15.9. The summed E-state index contributed by atoms with van der Waals surface area (Å²) in [7, 11) is 0. The molecule has 0 aromatic carbocycles. The van der Waals surface area contributed by atoms with E-state index >= 15 is 0 Å². The molecule has 1 atom stereocenters. The van der Waals surface area contributed by atoms with Crippen LogP contribution in [0.5, 0.6) is 0 Å². The normalized spacial score (nSPS) is 19.9. The van der Waals surface area contributed by atoms with Gasteiger partial charge in [-0.25, -0.2) is 0 Å². The maximum absolute atomic E-state index is 11.9. The first-order valence-electron chi connectivity index (χ1n) is 6.17. The molecule has 0 saturated carbocycles. The number of pyridine rings is 1. The number of anilines is 1. The van der Waals surface area contributed by atoms with Crippen molar-refractivity contribution in [1.29, 1.82) is 0 Å². The fourth-order valence-electron chi connectivity index (χ4n) is 2.18. The van der Waals surface area contributed by atoms with Crippen molar-refractivity contribution in [2.75, 3.05) is 18.4 Å². The van der Waals surface area contributed by atoms with Crippen LogP contribution in [0.2, 0.25) is 0 Å². The van der Waals surface area contributed by atoms with Gasteiger partial charge in [0.05, 0.1) is 0 Å². The van der Waals surface area contributed by atoms with Crippen LogP contribution in [-0.2, 0) is 4.79 Å². The first-order chi connectivity index (χ1) is 8.25. The number of aryl methyl sites for hydroxylation is 1. The van der Waals surface area contributed by atoms with Crippen LogP contribution in [0.1, 0.15) is 24.8 Å². The number of nitrogens with zero attached hydrogens (tertiary/aromatic N) is 1. The molecule has 1 aromatic heterocycles. The third kappa shape index (κ3) is 3.53. The summed E-state index contributed by atoms with van der Waals surface area (Å²) in [6, 6.07) is 1.84. The molecule has 1 saturated heterocycles. The van der Waals surface area contributed by atoms with Gasteiger partial charge in [-0.15, -0.1) is 0 Å². The second-order valence-electron chi connectivity index (χ2n) is 4.66. The zero-order chi connectivity index (χ0) is 12.1. The van der Waals surface area contributed by atoms with Crippen LogP contribution in [0.4, 0.5) is 5.69 Å². The highest BCUT2D eigenvalue weighted by atomic mass is 16.1. The average Bonchev–Trinajstić information content (AvgIpc) is 2.33. The quantitative estimate of drug-likeness (QED) is 0.835. The first kappa shape index (κ1) is 12.0. The SMILES string of the molecule is Cc1cnccc1NC(=O)CC1CCCNC1. The van der Waals surface area contributed by atoms with E-state index in [0.717, 1.165) is 30.8 Å². The number of hydrogen-bond donors (Lipinski definition) is 2. The molecule has 1 aromatic rings. The van der Waals surface area contributed by atoms with E-state index < -0.39 is 0 Å². The van der Waals surface area contributed by atoms with Crippen LogP contribution in [0.25, 0.3) is 0 Å². The average molecular weight is 233 g/mol. The van der Waals surface area contributed by atoms with Crippen molar-refractivity contribution in [2.24, 2.45) is 5.92 Å². The Morgan fingerprint density at radius 1 is 1.65 bits per heavy atom. The van der Waals surface area contributed by atoms with Crippen LogP contribution >= 0.6 is 0 Å². The summed E-state index contributed by atoms with van der Waals surface area (Å²) in [5, 5.41) is 6.28. The van der Waals surface area contributed by atoms with E-state index in [1.165, 1.54) is 6.42 Å². The van der Waals surface area contributed by atoms with Crippen molar-refractivity contribution in [3.63, 3.8) is 0 Å². The topological polar surface area (TPSA) is 54.0 Å². The van der Waals surface area contributed by atoms with Gasteiger partial charge in [0, 0.05) is 24.5 Å². The van der Waals surface area contributed by atoms with Crippen molar-refractivity contribution in [3.8, 4) is 0 Å². The highest BCUT2D eigenvalue weighted by Gasteiger charge is 2.16. The second kappa shape index (κ2) is 5.77. The van der Waals surface area contributed by atoms with Gasteiger partial charge < -0.3 is 10.6 Å². The Labute approximate surface area is 102 Å². The molecule has 1 aliphatic rings. The minimum Gasteiger partial charge on any atom is -0.326 e. The van der Waals surface area contributed by atoms with Crippen molar-refractivity contribution in [3.05, 3.63) is 24.0 Å². The van der Waals surface area contributed by atoms with Crippen LogP contribution < -0.4 is 10.6 Å². The largest absolute Gasteiger partial charge is 0.326 e. The van der Waals surface area contributed by atoms with Crippen LogP contribution in [0.15, 0.2) is 18.5 Å². The Morgan fingerprint density at radius 2 is 2.53 bits per heavy atom. The van der Waals surface area contributed by atoms with Crippen molar-refractivity contribution >= 4 is 11.6 Å². The lowest BCUT2D eigenvalue weighted by molar-refractivity contribution is -0.117. The van der Waals surface area contributed by atoms with Gasteiger partial charge in [-0.1, -0.05) is 0 Å². The van der Waals surface area contributed by atoms with Gasteiger partial charge in [-0.05, 0) is 50.4 Å². The van der Waals surface area contributed by atoms with E-state index in [4.69, 9.17) is 0 Å². The van der Waals surface area contributed by atoms with E-state index in [-0.39, 0.29) is 5.91 Å². The molecule has 92 valence electrons. The molecule has 4 heteroatoms. The maximum atomic E-state index is 11.9. The van der Waals surface area contributed by atoms with Crippen LogP contribution in [-0.4, -0.2) is 24.0 Å². The summed E-state index contributed by atoms with van der Waals surface area (Å²) >= 11 is 0. The Bertz CT molecular complexity index is 386. The van der Waals surface area contributed by atoms with Gasteiger partial charge in [-0.2, -0.15) is 0 Å². The number of rotatable bonds is 3. The summed E-state index contributed by atoms with van der Waals surface area (Å²) in [5.74, 6) is 0.582. The third-order valence-electron chi connectivity index (χ3n) is 3.17. The minimum atomic E-state index is 0.105. The molecule has 1 aliphatic heterocycles. The molecule has 1 amide bonds. The van der Waals surface area contributed by atoms with Gasteiger partial charge in [0.1, 0.15) is 0 Å². The lowest BCUT2D eigenvalue weighted by Gasteiger charge is -2.22. The highest BCUT2D eigenvalue weighted by Crippen LogP contribution is 2.16. The van der Waals surface area contributed by atoms with Gasteiger partial charge in [0.15, 0.2) is 0 Å². The molecule has 0 bridgehead atoms. The Kier molecular flexibility index (Phi) is 4.09. The molecule has 2 N–H and O–H groups in total. The smallest absolute Gasteiger partial charge is 0.224 e. The fourth-order valence-corrected chi connectivity index (χ4v) is 2.18. The summed E-state index contributed by atoms with van der Waals surface area (Å²) in [5.41, 5.74) is 1.87. The van der Waals surface area contributed by atoms with Gasteiger partial charge in [0.2, 0.25) is 5.91 Å². The van der Waals surface area contributed by atoms with E-state index in [2.05, 4.69) is 15.6 Å². The monoisotopic (exact) mass is 233 g/mol. The molecule has 0 aliphatic carbocycles. The van der Waals surface area contributed by atoms with Crippen LogP contribution in [0, 0.1) is 12.8 Å². The molecule has 1 unspecified atom stereocenters. The number of carbonyl (C=O) groups is 1. The number of piperidine rings is 1. The van der Waals surface area contributed by atoms with E-state index in [0.29, 0.717) is 12.3 Å². The standard InChI is InChI=1S/C13H19N3O/c1-10-8-15-6-4-12(10)16-13(17)7-11-3-2-5-14-9-11/h4,6,8,11,14H,2-3,5,7,9H2,1H3,(H,15,16,17). The van der Waals surface area contributed by atoms with Crippen molar-refractivity contribution in [1.82, 2.24) is 10.3 Å². The number of aromatic nitrogens is 1. The Morgan fingerprint density at radius 3 is 3.24 bits per heavy atom. The van der Waals surface area contributed by atoms with E-state index in [1.54, 1.807) is 12.4 Å². The number of hydrogen-bond acceptors (Lipinski definition) is 3. The van der Waals surface area contributed by atoms with Gasteiger partial charge in [-0.3, -0.25) is 9.78 Å². The predicted molar refractivity (Wildman–Crippen MR) is 67.8 cm³/mol. The fraction of sp³-hybridized carbons (Fsp3) is 0.538. The number of nitrogens with one attached hydrogen (secondary N) is 2. The molecule has 1 fully saturated rings. The minimum absolute atomic E-state index is 0.105. The van der Waals surface area contributed by atoms with Crippen LogP contribution in [0.3, 0.4) is 0 Å².